The highest BCUT2D eigenvalue weighted by molar-refractivity contribution is 9.10. The fourth-order valence-corrected chi connectivity index (χ4v) is 2.60. The van der Waals surface area contributed by atoms with E-state index in [1.54, 1.807) is 6.92 Å². The Bertz CT molecular complexity index is 436. The van der Waals surface area contributed by atoms with Gasteiger partial charge in [-0.15, -0.1) is 0 Å². The van der Waals surface area contributed by atoms with Gasteiger partial charge in [0.1, 0.15) is 12.4 Å². The number of carbonyl (C=O) groups excluding carboxylic acids is 1. The third-order valence-electron chi connectivity index (χ3n) is 3.52. The highest BCUT2D eigenvalue weighted by Gasteiger charge is 2.16. The Morgan fingerprint density at radius 2 is 1.95 bits per heavy atom. The molecule has 0 bridgehead atoms. The van der Waals surface area contributed by atoms with E-state index in [4.69, 9.17) is 4.74 Å². The van der Waals surface area contributed by atoms with Crippen LogP contribution in [0.5, 0.6) is 5.75 Å². The maximum atomic E-state index is 11.4. The Balaban J connectivity index is 1.71. The van der Waals surface area contributed by atoms with E-state index in [-0.39, 0.29) is 5.91 Å². The first-order chi connectivity index (χ1) is 9.65. The Labute approximate surface area is 128 Å². The lowest BCUT2D eigenvalue weighted by Gasteiger charge is -2.21. The van der Waals surface area contributed by atoms with Gasteiger partial charge in [-0.3, -0.25) is 9.69 Å². The van der Waals surface area contributed by atoms with Gasteiger partial charge in [0.25, 0.3) is 0 Å². The van der Waals surface area contributed by atoms with Crippen LogP contribution in [0.25, 0.3) is 0 Å². The molecule has 0 N–H and O–H groups in total. The van der Waals surface area contributed by atoms with Crippen LogP contribution in [-0.4, -0.2) is 55.0 Å². The van der Waals surface area contributed by atoms with Gasteiger partial charge in [-0.05, 0) is 30.7 Å². The Morgan fingerprint density at radius 1 is 1.20 bits per heavy atom. The summed E-state index contributed by atoms with van der Waals surface area (Å²) in [6.45, 7) is 6.90. The molecule has 0 spiro atoms. The summed E-state index contributed by atoms with van der Waals surface area (Å²) < 4.78 is 6.79. The molecule has 1 aromatic rings. The predicted molar refractivity (Wildman–Crippen MR) is 82.9 cm³/mol. The average Bonchev–Trinajstić information content (AvgIpc) is 2.67. The molecule has 0 atom stereocenters. The molecule has 0 aromatic heterocycles. The molecule has 0 unspecified atom stereocenters. The molecule has 0 saturated carbocycles. The number of benzene rings is 1. The molecule has 1 amide bonds. The van der Waals surface area contributed by atoms with Crippen molar-refractivity contribution in [1.29, 1.82) is 0 Å². The van der Waals surface area contributed by atoms with Gasteiger partial charge in [0, 0.05) is 44.1 Å². The number of nitrogens with zero attached hydrogens (tertiary/aromatic N) is 2. The second-order valence-electron chi connectivity index (χ2n) is 5.00. The van der Waals surface area contributed by atoms with Crippen LogP contribution < -0.4 is 4.74 Å². The molecule has 1 aromatic carbocycles. The minimum atomic E-state index is 0.179. The molecule has 2 rings (SSSR count). The summed E-state index contributed by atoms with van der Waals surface area (Å²) in [6.07, 6.45) is 1.04. The smallest absolute Gasteiger partial charge is 0.219 e. The van der Waals surface area contributed by atoms with Crippen molar-refractivity contribution in [1.82, 2.24) is 9.80 Å². The SMILES string of the molecule is CC(=O)N1CCCN(CCOc2ccc(Br)cc2)CC1. The predicted octanol–water partition coefficient (Wildman–Crippen LogP) is 2.38. The number of hydrogen-bond acceptors (Lipinski definition) is 3. The number of halogens is 1. The molecule has 0 radical (unpaired) electrons. The lowest BCUT2D eigenvalue weighted by Crippen LogP contribution is -2.35. The normalized spacial score (nSPS) is 16.8. The highest BCUT2D eigenvalue weighted by Crippen LogP contribution is 2.16. The molecule has 4 nitrogen and oxygen atoms in total. The molecule has 1 aliphatic rings. The molecular weight excluding hydrogens is 320 g/mol. The van der Waals surface area contributed by atoms with Crippen molar-refractivity contribution >= 4 is 21.8 Å². The van der Waals surface area contributed by atoms with Gasteiger partial charge in [0.15, 0.2) is 0 Å². The molecule has 1 aliphatic heterocycles. The first-order valence-corrected chi connectivity index (χ1v) is 7.81. The van der Waals surface area contributed by atoms with Crippen molar-refractivity contribution in [2.45, 2.75) is 13.3 Å². The van der Waals surface area contributed by atoms with Crippen molar-refractivity contribution in [3.05, 3.63) is 28.7 Å². The monoisotopic (exact) mass is 340 g/mol. The number of amides is 1. The molecule has 1 fully saturated rings. The summed E-state index contributed by atoms with van der Waals surface area (Å²) in [4.78, 5) is 15.7. The fraction of sp³-hybridized carbons (Fsp3) is 0.533. The van der Waals surface area contributed by atoms with Gasteiger partial charge >= 0.3 is 0 Å². The van der Waals surface area contributed by atoms with Gasteiger partial charge in [-0.2, -0.15) is 0 Å². The third kappa shape index (κ3) is 4.80. The third-order valence-corrected chi connectivity index (χ3v) is 4.05. The second-order valence-corrected chi connectivity index (χ2v) is 5.92. The molecule has 1 heterocycles. The summed E-state index contributed by atoms with van der Waals surface area (Å²) in [5, 5.41) is 0. The maximum Gasteiger partial charge on any atom is 0.219 e. The quantitative estimate of drug-likeness (QED) is 0.843. The second kappa shape index (κ2) is 7.64. The zero-order valence-electron chi connectivity index (χ0n) is 11.8. The van der Waals surface area contributed by atoms with Crippen molar-refractivity contribution < 1.29 is 9.53 Å². The van der Waals surface area contributed by atoms with Crippen LogP contribution in [0.4, 0.5) is 0 Å². The van der Waals surface area contributed by atoms with E-state index >= 15 is 0 Å². The van der Waals surface area contributed by atoms with E-state index in [0.717, 1.165) is 49.4 Å². The number of hydrogen-bond donors (Lipinski definition) is 0. The van der Waals surface area contributed by atoms with E-state index in [0.29, 0.717) is 6.61 Å². The van der Waals surface area contributed by atoms with Crippen LogP contribution in [0, 0.1) is 0 Å². The molecule has 1 saturated heterocycles. The topological polar surface area (TPSA) is 32.8 Å². The molecular formula is C15H21BrN2O2. The van der Waals surface area contributed by atoms with Crippen LogP contribution in [0.15, 0.2) is 28.7 Å². The molecule has 20 heavy (non-hydrogen) atoms. The van der Waals surface area contributed by atoms with E-state index in [9.17, 15) is 4.79 Å². The Morgan fingerprint density at radius 3 is 2.65 bits per heavy atom. The van der Waals surface area contributed by atoms with E-state index in [1.165, 1.54) is 0 Å². The van der Waals surface area contributed by atoms with E-state index in [2.05, 4.69) is 20.8 Å². The van der Waals surface area contributed by atoms with Crippen molar-refractivity contribution in [3.63, 3.8) is 0 Å². The molecule has 5 heteroatoms. The number of carbonyl (C=O) groups is 1. The minimum absolute atomic E-state index is 0.179. The lowest BCUT2D eigenvalue weighted by molar-refractivity contribution is -0.128. The van der Waals surface area contributed by atoms with Gasteiger partial charge in [-0.1, -0.05) is 15.9 Å². The van der Waals surface area contributed by atoms with E-state index in [1.807, 2.05) is 29.2 Å². The highest BCUT2D eigenvalue weighted by atomic mass is 79.9. The average molecular weight is 341 g/mol. The minimum Gasteiger partial charge on any atom is -0.492 e. The lowest BCUT2D eigenvalue weighted by atomic mass is 10.3. The fourth-order valence-electron chi connectivity index (χ4n) is 2.33. The maximum absolute atomic E-state index is 11.4. The summed E-state index contributed by atoms with van der Waals surface area (Å²) in [6, 6.07) is 7.88. The van der Waals surface area contributed by atoms with E-state index < -0.39 is 0 Å². The largest absolute Gasteiger partial charge is 0.492 e. The van der Waals surface area contributed by atoms with Gasteiger partial charge in [-0.25, -0.2) is 0 Å². The zero-order chi connectivity index (χ0) is 14.4. The first kappa shape index (κ1) is 15.3. The van der Waals surface area contributed by atoms with Crippen LogP contribution in [0.2, 0.25) is 0 Å². The summed E-state index contributed by atoms with van der Waals surface area (Å²) in [5.41, 5.74) is 0. The van der Waals surface area contributed by atoms with Crippen LogP contribution >= 0.6 is 15.9 Å². The summed E-state index contributed by atoms with van der Waals surface area (Å²) >= 11 is 3.41. The van der Waals surface area contributed by atoms with Crippen molar-refractivity contribution in [2.75, 3.05) is 39.3 Å². The molecule has 0 aliphatic carbocycles. The van der Waals surface area contributed by atoms with Gasteiger partial charge in [0.05, 0.1) is 0 Å². The number of rotatable bonds is 4. The number of ether oxygens (including phenoxy) is 1. The molecule has 110 valence electrons. The summed E-state index contributed by atoms with van der Waals surface area (Å²) in [7, 11) is 0. The Hall–Kier alpha value is -1.07. The first-order valence-electron chi connectivity index (χ1n) is 7.01. The van der Waals surface area contributed by atoms with Crippen LogP contribution in [0.3, 0.4) is 0 Å². The van der Waals surface area contributed by atoms with Crippen LogP contribution in [0.1, 0.15) is 13.3 Å². The summed E-state index contributed by atoms with van der Waals surface area (Å²) in [5.74, 6) is 1.08. The standard InChI is InChI=1S/C15H21BrN2O2/c1-13(19)18-8-2-7-17(9-10-18)11-12-20-15-5-3-14(16)4-6-15/h3-6H,2,7-12H2,1H3. The van der Waals surface area contributed by atoms with Crippen LogP contribution in [-0.2, 0) is 4.79 Å². The van der Waals surface area contributed by atoms with Crippen molar-refractivity contribution in [2.24, 2.45) is 0 Å². The zero-order valence-corrected chi connectivity index (χ0v) is 13.4. The Kier molecular flexibility index (Phi) is 5.86. The van der Waals surface area contributed by atoms with Gasteiger partial charge in [0.2, 0.25) is 5.91 Å². The van der Waals surface area contributed by atoms with Gasteiger partial charge < -0.3 is 9.64 Å². The van der Waals surface area contributed by atoms with Crippen molar-refractivity contribution in [3.8, 4) is 5.75 Å².